The number of methoxy groups -OCH3 is 2. The number of ether oxygens (including phenoxy) is 4. The Kier molecular flexibility index (Phi) is 17.5. The van der Waals surface area contributed by atoms with Gasteiger partial charge in [0.2, 0.25) is 0 Å². The maximum Gasteiger partial charge on any atom is 0.363 e. The fraction of sp³-hybridized carbons (Fsp3) is 0.321. The average Bonchev–Trinajstić information content (AvgIpc) is 1.51. The number of ketones is 2. The number of hydrogen-bond donors (Lipinski definition) is 1. The number of aromatic nitrogens is 4. The number of Topliss-reactive ketones (excluding diaryl/α,β-unsaturated/α-hetero) is 2. The van der Waals surface area contributed by atoms with Crippen molar-refractivity contribution in [1.82, 2.24) is 38.6 Å². The molecule has 1 N–H and O–H groups in total. The van der Waals surface area contributed by atoms with Crippen molar-refractivity contribution in [2.24, 2.45) is 0 Å². The minimum absolute atomic E-state index is 0. The fourth-order valence-electron chi connectivity index (χ4n) is 18.7. The standard InChI is InChI=1S/C41H36N4O7.C29H27N3O3.C12H9NO5.CH3F.CH4/c1-41-39(50-3)29(42(2)21-22-12-14-23(15-13-22)40(49)52-45-31(47)18-19-32(45)48)20-33(51-41)43-27-10-6-4-8-24(27)36-35-26(16-17-30(35)46)34-25-9-5-7-11-28(25)44(41)38(34)37(36)43;1-29-28(34-3)18(30-2)14-22(35-29)31-19-10-6-4-8-15(19)25-24-17(12-13-21(24)33)23-16-9-5-7-11-20(16)32(29)27(23)26(25)31;14-7-8-1-3-9(4-2-8)12(17)18-13-10(15)5-6-11(13)16;1-2;/h4-15,29,33,39H,16-21H2,1-3H3;4-11,18,22,28,30H,12-14H2,1-3H3;1-4,7H,5-6H2;1H3;1H4/t29-,33-,39-,41+;18-,22-,28-,29+;;;/m11.../s1/i;;;1D;. The molecule has 20 rings (SSSR count). The lowest BCUT2D eigenvalue weighted by Crippen LogP contribution is -2.60. The van der Waals surface area contributed by atoms with Crippen LogP contribution in [-0.4, -0.2) is 146 Å². The SMILES string of the molecule is C.CN[C@@H]1C[C@H]2O[C@@](C)([C@@H]1OC)n1c3ccccc3c3c4c(c5c6ccccc6n2c5c31)C(=O)CC4.CO[C@@H]1[C@H](N(C)Cc2ccc(C(=O)ON3C(=O)CCC3=O)cc2)C[C@H]2O[C@]1(C)n1c3ccccc3c3c4c(c5c6ccccc6n2c5c31)C(=O)CC4.O=Cc1ccc(C(=O)ON2C(=O)CCC2=O)cc1.[2H]CF. The Bertz CT molecular complexity index is 5850. The van der Waals surface area contributed by atoms with Gasteiger partial charge in [0.1, 0.15) is 30.9 Å². The van der Waals surface area contributed by atoms with Crippen molar-refractivity contribution in [3.05, 3.63) is 190 Å². The monoisotopic (exact) mass is 1460 g/mol. The molecule has 4 amide bonds. The van der Waals surface area contributed by atoms with Crippen molar-refractivity contribution in [1.29, 1.82) is 0 Å². The Morgan fingerprint density at radius 2 is 0.935 bits per heavy atom. The number of nitrogens with zero attached hydrogens (tertiary/aromatic N) is 7. The number of nitrogens with one attached hydrogen (secondary N) is 1. The van der Waals surface area contributed by atoms with Crippen LogP contribution in [-0.2, 0) is 78.6 Å². The molecular weight excluding hydrogens is 1380 g/mol. The van der Waals surface area contributed by atoms with Gasteiger partial charge in [0.15, 0.2) is 23.0 Å². The van der Waals surface area contributed by atoms with E-state index in [-0.39, 0.29) is 86.4 Å². The van der Waals surface area contributed by atoms with Crippen LogP contribution in [0.1, 0.15) is 155 Å². The lowest BCUT2D eigenvalue weighted by molar-refractivity contribution is -0.268. The van der Waals surface area contributed by atoms with Crippen molar-refractivity contribution in [3.8, 4) is 0 Å². The molecule has 552 valence electrons. The highest BCUT2D eigenvalue weighted by Gasteiger charge is 2.56. The Morgan fingerprint density at radius 1 is 0.546 bits per heavy atom. The average molecular weight is 1460 g/mol. The summed E-state index contributed by atoms with van der Waals surface area (Å²) in [7, 11) is 6.61. The van der Waals surface area contributed by atoms with Gasteiger partial charge in [-0.1, -0.05) is 104 Å². The van der Waals surface area contributed by atoms with Crippen LogP contribution < -0.4 is 5.32 Å². The van der Waals surface area contributed by atoms with Gasteiger partial charge in [0, 0.05) is 144 Å². The second-order valence-electron chi connectivity index (χ2n) is 28.7. The summed E-state index contributed by atoms with van der Waals surface area (Å²) in [4.78, 5) is 121. The molecule has 8 aromatic carbocycles. The van der Waals surface area contributed by atoms with E-state index in [0.717, 1.165) is 112 Å². The van der Waals surface area contributed by atoms with E-state index >= 15 is 0 Å². The van der Waals surface area contributed by atoms with Crippen molar-refractivity contribution >= 4 is 141 Å². The quantitative estimate of drug-likeness (QED) is 0.0933. The summed E-state index contributed by atoms with van der Waals surface area (Å²) in [5, 5.41) is 13.5. The number of rotatable bonds is 11. The molecule has 4 aromatic heterocycles. The maximum absolute atomic E-state index is 13.8. The highest BCUT2D eigenvalue weighted by atomic mass is 19.1. The van der Waals surface area contributed by atoms with Crippen LogP contribution in [0.3, 0.4) is 0 Å². The summed E-state index contributed by atoms with van der Waals surface area (Å²) in [6.45, 7) is 4.85. The van der Waals surface area contributed by atoms with E-state index < -0.39 is 60.3 Å². The minimum Gasteiger partial charge on any atom is -0.375 e. The number of likely N-dealkylation sites (N-methyl/N-ethyl adjacent to an activating group) is 2. The first-order valence-electron chi connectivity index (χ1n) is 36.5. The number of para-hydroxylation sites is 4. The molecule has 4 saturated heterocycles. The first-order valence-corrected chi connectivity index (χ1v) is 35.8. The van der Waals surface area contributed by atoms with Gasteiger partial charge in [0.05, 0.1) is 63.8 Å². The molecule has 8 atom stereocenters. The lowest BCUT2D eigenvalue weighted by atomic mass is 9.91. The number of hydroxylamine groups is 4. The Balaban J connectivity index is 0.000000136. The van der Waals surface area contributed by atoms with E-state index in [1.165, 1.54) is 40.6 Å². The maximum atomic E-state index is 13.8. The predicted molar refractivity (Wildman–Crippen MR) is 402 cm³/mol. The van der Waals surface area contributed by atoms with Gasteiger partial charge in [-0.2, -0.15) is 0 Å². The molecule has 4 bridgehead atoms. The number of carbonyl (C=O) groups excluding carboxylic acids is 9. The Morgan fingerprint density at radius 3 is 1.35 bits per heavy atom. The Labute approximate surface area is 619 Å². The first kappa shape index (κ1) is 69.9. The third-order valence-corrected chi connectivity index (χ3v) is 23.1. The van der Waals surface area contributed by atoms with E-state index in [1.54, 1.807) is 26.4 Å². The number of fused-ring (bicyclic) bond motifs is 26. The number of benzene rings is 8. The van der Waals surface area contributed by atoms with E-state index in [2.05, 4.69) is 134 Å². The molecular formula is C84H79FN8O15. The summed E-state index contributed by atoms with van der Waals surface area (Å²) < 4.78 is 52.0. The van der Waals surface area contributed by atoms with Crippen LogP contribution in [0.2, 0.25) is 0 Å². The second kappa shape index (κ2) is 27.0. The van der Waals surface area contributed by atoms with Crippen molar-refractivity contribution < 1.29 is 77.5 Å². The zero-order chi connectivity index (χ0) is 75.1. The van der Waals surface area contributed by atoms with Crippen LogP contribution in [0.15, 0.2) is 146 Å². The highest BCUT2D eigenvalue weighted by molar-refractivity contribution is 6.33. The van der Waals surface area contributed by atoms with Crippen LogP contribution in [0.4, 0.5) is 4.39 Å². The lowest BCUT2D eigenvalue weighted by Gasteiger charge is -2.50. The summed E-state index contributed by atoms with van der Waals surface area (Å²) >= 11 is 0. The molecule has 10 heterocycles. The summed E-state index contributed by atoms with van der Waals surface area (Å²) in [5.74, 6) is -3.21. The molecule has 0 saturated carbocycles. The van der Waals surface area contributed by atoms with Crippen LogP contribution in [0.5, 0.6) is 0 Å². The molecule has 23 nitrogen and oxygen atoms in total. The van der Waals surface area contributed by atoms with Crippen molar-refractivity contribution in [2.75, 3.05) is 35.5 Å². The Hall–Kier alpha value is -11.1. The van der Waals surface area contributed by atoms with Gasteiger partial charge < -0.3 is 52.2 Å². The second-order valence-corrected chi connectivity index (χ2v) is 28.7. The smallest absolute Gasteiger partial charge is 0.363 e. The predicted octanol–water partition coefficient (Wildman–Crippen LogP) is 13.6. The molecule has 0 radical (unpaired) electrons. The van der Waals surface area contributed by atoms with Gasteiger partial charge in [-0.25, -0.2) is 9.59 Å². The van der Waals surface area contributed by atoms with E-state index in [1.807, 2.05) is 31.3 Å². The number of halogens is 1. The first-order chi connectivity index (χ1) is 52.3. The zero-order valence-electron chi connectivity index (χ0n) is 60.5. The van der Waals surface area contributed by atoms with E-state index in [0.29, 0.717) is 54.2 Å². The van der Waals surface area contributed by atoms with Gasteiger partial charge >= 0.3 is 11.9 Å². The fourth-order valence-corrected chi connectivity index (χ4v) is 18.7. The number of amides is 4. The van der Waals surface area contributed by atoms with Crippen molar-refractivity contribution in [3.63, 3.8) is 0 Å². The van der Waals surface area contributed by atoms with Gasteiger partial charge in [-0.15, -0.1) is 10.1 Å². The third-order valence-electron chi connectivity index (χ3n) is 23.1. The van der Waals surface area contributed by atoms with Crippen LogP contribution in [0, 0.1) is 0 Å². The third kappa shape index (κ3) is 10.5. The molecule has 2 aliphatic carbocycles. The van der Waals surface area contributed by atoms with Crippen LogP contribution >= 0.6 is 0 Å². The summed E-state index contributed by atoms with van der Waals surface area (Å²) in [6, 6.07) is 46.5. The van der Waals surface area contributed by atoms with Gasteiger partial charge in [-0.3, -0.25) is 42.9 Å². The molecule has 24 heteroatoms. The summed E-state index contributed by atoms with van der Waals surface area (Å²) in [5.41, 5.74) is 12.9. The van der Waals surface area contributed by atoms with Gasteiger partial charge in [-0.05, 0) is 106 Å². The molecule has 4 fully saturated rings. The number of aldehydes is 1. The molecule has 8 aliphatic rings. The molecule has 6 aliphatic heterocycles. The van der Waals surface area contributed by atoms with Crippen LogP contribution in [0.25, 0.3) is 87.2 Å². The topological polar surface area (TPSA) is 250 Å². The number of alkyl halides is 1. The number of imide groups is 2. The van der Waals surface area contributed by atoms with E-state index in [9.17, 15) is 47.5 Å². The van der Waals surface area contributed by atoms with Gasteiger partial charge in [0.25, 0.3) is 23.6 Å². The number of hydrogen-bond acceptors (Lipinski definition) is 17. The van der Waals surface area contributed by atoms with Crippen molar-refractivity contribution in [2.45, 2.75) is 140 Å². The highest BCUT2D eigenvalue weighted by Crippen LogP contribution is 2.57. The zero-order valence-corrected chi connectivity index (χ0v) is 59.5. The number of aryl methyl sites for hydroxylation is 2. The molecule has 12 aromatic rings. The normalized spacial score (nSPS) is 23.1. The molecule has 0 unspecified atom stereocenters. The minimum atomic E-state index is -1.00. The summed E-state index contributed by atoms with van der Waals surface area (Å²) in [6.07, 6.45) is 3.64. The largest absolute Gasteiger partial charge is 0.375 e. The van der Waals surface area contributed by atoms with E-state index in [4.69, 9.17) is 30.0 Å². The molecule has 0 spiro atoms. The number of carbonyl (C=O) groups is 9. The molecule has 108 heavy (non-hydrogen) atoms.